The highest BCUT2D eigenvalue weighted by atomic mass is 35.5. The molecule has 240 valence electrons. The quantitative estimate of drug-likeness (QED) is 0.180. The van der Waals surface area contributed by atoms with E-state index in [9.17, 15) is 22.8 Å². The van der Waals surface area contributed by atoms with Gasteiger partial charge < -0.3 is 24.0 Å². The first kappa shape index (κ1) is 32.4. The predicted octanol–water partition coefficient (Wildman–Crippen LogP) is 7.21. The Bertz CT molecular complexity index is 1560. The molecular weight excluding hydrogens is 616 g/mol. The second-order valence-corrected chi connectivity index (χ2v) is 11.6. The van der Waals surface area contributed by atoms with Crippen LogP contribution in [0.25, 0.3) is 0 Å². The molecule has 0 saturated carbocycles. The largest absolute Gasteiger partial charge is 0.497 e. The van der Waals surface area contributed by atoms with Gasteiger partial charge in [0.15, 0.2) is 0 Å². The smallest absolute Gasteiger partial charge is 0.418 e. The van der Waals surface area contributed by atoms with E-state index >= 15 is 4.39 Å². The van der Waals surface area contributed by atoms with E-state index in [1.807, 2.05) is 0 Å². The van der Waals surface area contributed by atoms with Crippen molar-refractivity contribution in [1.29, 1.82) is 0 Å². The Morgan fingerprint density at radius 2 is 1.73 bits per heavy atom. The Labute approximate surface area is 263 Å². The maximum Gasteiger partial charge on any atom is 0.418 e. The molecule has 2 aliphatic heterocycles. The summed E-state index contributed by atoms with van der Waals surface area (Å²) in [5.41, 5.74) is -0.588. The van der Waals surface area contributed by atoms with Crippen LogP contribution >= 0.6 is 11.6 Å². The summed E-state index contributed by atoms with van der Waals surface area (Å²) < 4.78 is 73.6. The number of carbonyl (C=O) groups excluding carboxylic acids is 2. The van der Waals surface area contributed by atoms with Gasteiger partial charge in [0.1, 0.15) is 29.3 Å². The van der Waals surface area contributed by atoms with Crippen molar-refractivity contribution in [3.05, 3.63) is 82.1 Å². The molecule has 0 spiro atoms. The maximum atomic E-state index is 15.3. The highest BCUT2D eigenvalue weighted by Gasteiger charge is 2.45. The lowest BCUT2D eigenvalue weighted by atomic mass is 9.78. The van der Waals surface area contributed by atoms with Gasteiger partial charge in [-0.3, -0.25) is 9.59 Å². The number of halogens is 5. The number of rotatable bonds is 9. The zero-order valence-corrected chi connectivity index (χ0v) is 25.6. The number of hydrogen-bond acceptors (Lipinski definition) is 6. The van der Waals surface area contributed by atoms with E-state index in [0.717, 1.165) is 11.6 Å². The molecule has 0 aliphatic carbocycles. The summed E-state index contributed by atoms with van der Waals surface area (Å²) in [7, 11) is 1.55. The fourth-order valence-electron chi connectivity index (χ4n) is 5.92. The Morgan fingerprint density at radius 3 is 2.38 bits per heavy atom. The summed E-state index contributed by atoms with van der Waals surface area (Å²) in [5.74, 6) is -0.326. The Balaban J connectivity index is 1.38. The number of hydrogen-bond donors (Lipinski definition) is 0. The molecule has 45 heavy (non-hydrogen) atoms. The minimum atomic E-state index is -4.61. The number of nitrogens with zero attached hydrogens (tertiary/aromatic N) is 2. The Hall–Kier alpha value is -3.99. The van der Waals surface area contributed by atoms with Crippen LogP contribution in [0, 0.1) is 11.2 Å². The average molecular weight is 649 g/mol. The SMILES string of the molecule is CCOC(=O)C1(COc2ccc(F)c3c2CCC(=O)N3Cc2ccc(OC)cc2)CCN(c2ccc(Cl)cc2C(F)(F)F)CC1. The number of alkyl halides is 3. The molecule has 0 N–H and O–H groups in total. The molecule has 5 rings (SSSR count). The lowest BCUT2D eigenvalue weighted by Crippen LogP contribution is -2.49. The molecule has 12 heteroatoms. The monoisotopic (exact) mass is 648 g/mol. The van der Waals surface area contributed by atoms with Crippen LogP contribution < -0.4 is 19.3 Å². The zero-order valence-electron chi connectivity index (χ0n) is 24.9. The van der Waals surface area contributed by atoms with E-state index in [4.69, 9.17) is 25.8 Å². The van der Waals surface area contributed by atoms with Crippen LogP contribution in [-0.2, 0) is 33.5 Å². The number of esters is 1. The van der Waals surface area contributed by atoms with Crippen LogP contribution in [0.2, 0.25) is 5.02 Å². The number of carbonyl (C=O) groups is 2. The van der Waals surface area contributed by atoms with E-state index in [0.29, 0.717) is 17.1 Å². The van der Waals surface area contributed by atoms with Crippen LogP contribution in [0.1, 0.15) is 42.9 Å². The highest BCUT2D eigenvalue weighted by Crippen LogP contribution is 2.43. The van der Waals surface area contributed by atoms with Crippen LogP contribution in [-0.4, -0.2) is 45.3 Å². The van der Waals surface area contributed by atoms with Gasteiger partial charge in [0.25, 0.3) is 0 Å². The number of methoxy groups -OCH3 is 1. The molecule has 7 nitrogen and oxygen atoms in total. The van der Waals surface area contributed by atoms with Crippen molar-refractivity contribution < 1.29 is 41.4 Å². The second-order valence-electron chi connectivity index (χ2n) is 11.1. The fraction of sp³-hybridized carbons (Fsp3) is 0.394. The zero-order chi connectivity index (χ0) is 32.4. The van der Waals surface area contributed by atoms with Gasteiger partial charge in [0, 0.05) is 35.8 Å². The van der Waals surface area contributed by atoms with Gasteiger partial charge in [-0.25, -0.2) is 4.39 Å². The lowest BCUT2D eigenvalue weighted by Gasteiger charge is -2.41. The lowest BCUT2D eigenvalue weighted by molar-refractivity contribution is -0.159. The molecule has 2 heterocycles. The summed E-state index contributed by atoms with van der Waals surface area (Å²) in [6.45, 7) is 2.08. The summed E-state index contributed by atoms with van der Waals surface area (Å²) in [5, 5.41) is -0.0238. The van der Waals surface area contributed by atoms with Gasteiger partial charge in [-0.2, -0.15) is 13.2 Å². The summed E-state index contributed by atoms with van der Waals surface area (Å²) in [6.07, 6.45) is -3.89. The minimum absolute atomic E-state index is 0.0144. The van der Waals surface area contributed by atoms with E-state index in [-0.39, 0.29) is 80.8 Å². The van der Waals surface area contributed by atoms with Crippen LogP contribution in [0.3, 0.4) is 0 Å². The molecule has 3 aromatic rings. The van der Waals surface area contributed by atoms with Gasteiger partial charge in [0.2, 0.25) is 5.91 Å². The third-order valence-corrected chi connectivity index (χ3v) is 8.62. The summed E-state index contributed by atoms with van der Waals surface area (Å²) in [6, 6.07) is 13.5. The molecule has 1 saturated heterocycles. The van der Waals surface area contributed by atoms with Gasteiger partial charge in [-0.05, 0) is 74.2 Å². The fourth-order valence-corrected chi connectivity index (χ4v) is 6.10. The molecule has 0 aromatic heterocycles. The third kappa shape index (κ3) is 6.83. The van der Waals surface area contributed by atoms with E-state index in [1.165, 1.54) is 29.2 Å². The van der Waals surface area contributed by atoms with Crippen molar-refractivity contribution >= 4 is 34.9 Å². The molecule has 0 unspecified atom stereocenters. The highest BCUT2D eigenvalue weighted by molar-refractivity contribution is 6.30. The second kappa shape index (κ2) is 13.2. The Morgan fingerprint density at radius 1 is 1.02 bits per heavy atom. The molecular formula is C33H33ClF4N2O5. The average Bonchev–Trinajstić information content (AvgIpc) is 3.02. The number of anilines is 2. The Kier molecular flexibility index (Phi) is 9.48. The summed E-state index contributed by atoms with van der Waals surface area (Å²) in [4.78, 5) is 29.2. The number of ether oxygens (including phenoxy) is 3. The van der Waals surface area contributed by atoms with E-state index in [2.05, 4.69) is 0 Å². The first-order chi connectivity index (χ1) is 21.5. The molecule has 0 atom stereocenters. The minimum Gasteiger partial charge on any atom is -0.497 e. The van der Waals surface area contributed by atoms with E-state index in [1.54, 1.807) is 43.2 Å². The first-order valence-corrected chi connectivity index (χ1v) is 15.0. The normalized spacial score (nSPS) is 16.3. The van der Waals surface area contributed by atoms with Crippen molar-refractivity contribution in [2.45, 2.75) is 45.3 Å². The van der Waals surface area contributed by atoms with E-state index < -0.39 is 28.9 Å². The molecule has 0 radical (unpaired) electrons. The number of amides is 1. The molecule has 2 aliphatic rings. The third-order valence-electron chi connectivity index (χ3n) is 8.39. The van der Waals surface area contributed by atoms with Gasteiger partial charge in [-0.15, -0.1) is 0 Å². The molecule has 0 bridgehead atoms. The molecule has 1 fully saturated rings. The topological polar surface area (TPSA) is 68.3 Å². The maximum absolute atomic E-state index is 15.3. The van der Waals surface area contributed by atoms with Gasteiger partial charge >= 0.3 is 12.1 Å². The number of fused-ring (bicyclic) bond motifs is 1. The number of benzene rings is 3. The van der Waals surface area contributed by atoms with Crippen molar-refractivity contribution in [2.24, 2.45) is 5.41 Å². The van der Waals surface area contributed by atoms with Crippen LogP contribution in [0.5, 0.6) is 11.5 Å². The van der Waals surface area contributed by atoms with Gasteiger partial charge in [0.05, 0.1) is 31.5 Å². The number of piperidine rings is 1. The van der Waals surface area contributed by atoms with Crippen molar-refractivity contribution in [3.8, 4) is 11.5 Å². The van der Waals surface area contributed by atoms with Crippen molar-refractivity contribution in [3.63, 3.8) is 0 Å². The molecule has 1 amide bonds. The predicted molar refractivity (Wildman–Crippen MR) is 161 cm³/mol. The van der Waals surface area contributed by atoms with Crippen LogP contribution in [0.4, 0.5) is 28.9 Å². The molecule has 3 aromatic carbocycles. The van der Waals surface area contributed by atoms with Gasteiger partial charge in [-0.1, -0.05) is 23.7 Å². The standard InChI is InChI=1S/C33H33ClF4N2O5/c1-3-44-31(42)32(14-16-39(17-15-32)27-11-6-22(34)18-25(27)33(36,37)38)20-45-28-12-10-26(35)30-24(28)9-13-29(41)40(30)19-21-4-7-23(43-2)8-5-21/h4-8,10-12,18H,3,9,13-17,19-20H2,1-2H3. The van der Waals surface area contributed by atoms with Crippen LogP contribution in [0.15, 0.2) is 54.6 Å². The summed E-state index contributed by atoms with van der Waals surface area (Å²) >= 11 is 5.87. The van der Waals surface area contributed by atoms with Crippen molar-refractivity contribution in [2.75, 3.05) is 43.2 Å². The van der Waals surface area contributed by atoms with Crippen molar-refractivity contribution in [1.82, 2.24) is 0 Å². The first-order valence-electron chi connectivity index (χ1n) is 14.6.